The maximum atomic E-state index is 11.8. The van der Waals surface area contributed by atoms with E-state index in [1.807, 2.05) is 0 Å². The van der Waals surface area contributed by atoms with Crippen molar-refractivity contribution in [2.24, 2.45) is 0 Å². The molecule has 0 aliphatic rings. The van der Waals surface area contributed by atoms with E-state index in [-0.39, 0.29) is 11.5 Å². The Kier molecular flexibility index (Phi) is 10.8. The van der Waals surface area contributed by atoms with Crippen LogP contribution in [0.4, 0.5) is 0 Å². The van der Waals surface area contributed by atoms with Gasteiger partial charge in [-0.2, -0.15) is 16.8 Å². The van der Waals surface area contributed by atoms with Gasteiger partial charge >= 0.3 is 0 Å². The maximum absolute atomic E-state index is 11.8. The highest BCUT2D eigenvalue weighted by Crippen LogP contribution is 2.33. The molecule has 2 aromatic rings. The summed E-state index contributed by atoms with van der Waals surface area (Å²) in [4.78, 5) is -0.967. The summed E-state index contributed by atoms with van der Waals surface area (Å²) in [5.74, 6) is -0.431. The van der Waals surface area contributed by atoms with E-state index >= 15 is 0 Å². The summed E-state index contributed by atoms with van der Waals surface area (Å²) in [6.45, 7) is 2.21. The Morgan fingerprint density at radius 2 is 1.18 bits per heavy atom. The number of benzene rings is 2. The largest absolute Gasteiger partial charge is 0.454 e. The lowest BCUT2D eigenvalue weighted by Crippen LogP contribution is -2.05. The molecule has 0 bridgehead atoms. The minimum absolute atomic E-state index is 0.196. The molecule has 0 amide bonds. The minimum atomic E-state index is -4.60. The molecular formula is C24H34O7S2. The summed E-state index contributed by atoms with van der Waals surface area (Å²) in [7, 11) is -9.18. The number of unbranched alkanes of at least 4 members (excludes halogenated alkanes) is 9. The fraction of sp³-hybridized carbons (Fsp3) is 0.500. The molecule has 7 nitrogen and oxygen atoms in total. The summed E-state index contributed by atoms with van der Waals surface area (Å²) in [5, 5.41) is 0. The van der Waals surface area contributed by atoms with Gasteiger partial charge in [-0.3, -0.25) is 9.11 Å². The lowest BCUT2D eigenvalue weighted by atomic mass is 10.0. The average molecular weight is 499 g/mol. The van der Waals surface area contributed by atoms with E-state index < -0.39 is 30.0 Å². The first kappa shape index (κ1) is 27.3. The molecule has 0 atom stereocenters. The van der Waals surface area contributed by atoms with Crippen LogP contribution in [0.3, 0.4) is 0 Å². The second-order valence-corrected chi connectivity index (χ2v) is 11.0. The zero-order chi connectivity index (χ0) is 24.3. The Bertz CT molecular complexity index is 1090. The molecule has 0 fully saturated rings. The fourth-order valence-electron chi connectivity index (χ4n) is 3.68. The van der Waals surface area contributed by atoms with Crippen LogP contribution in [-0.2, 0) is 26.7 Å². The second kappa shape index (κ2) is 13.1. The molecule has 0 unspecified atom stereocenters. The van der Waals surface area contributed by atoms with E-state index in [9.17, 15) is 25.9 Å². The first-order valence-corrected chi connectivity index (χ1v) is 14.4. The molecule has 2 rings (SSSR count). The molecule has 9 heteroatoms. The van der Waals surface area contributed by atoms with Gasteiger partial charge in [0.15, 0.2) is 0 Å². The number of para-hydroxylation sites is 1. The molecule has 33 heavy (non-hydrogen) atoms. The van der Waals surface area contributed by atoms with Gasteiger partial charge in [-0.05, 0) is 42.7 Å². The highest BCUT2D eigenvalue weighted by atomic mass is 32.2. The molecular weight excluding hydrogens is 464 g/mol. The van der Waals surface area contributed by atoms with E-state index in [0.717, 1.165) is 30.9 Å². The molecule has 184 valence electrons. The Labute approximate surface area is 197 Å². The van der Waals surface area contributed by atoms with Gasteiger partial charge in [-0.15, -0.1) is 0 Å². The smallest absolute Gasteiger partial charge is 0.298 e. The fourth-order valence-corrected chi connectivity index (χ4v) is 4.89. The van der Waals surface area contributed by atoms with Crippen molar-refractivity contribution in [3.05, 3.63) is 48.0 Å². The minimum Gasteiger partial charge on any atom is -0.454 e. The van der Waals surface area contributed by atoms with E-state index in [1.54, 1.807) is 6.07 Å². The monoisotopic (exact) mass is 498 g/mol. The van der Waals surface area contributed by atoms with E-state index in [4.69, 9.17) is 4.74 Å². The predicted octanol–water partition coefficient (Wildman–Crippen LogP) is 6.44. The van der Waals surface area contributed by atoms with Crippen LogP contribution in [0.15, 0.2) is 52.3 Å². The molecule has 0 aliphatic heterocycles. The van der Waals surface area contributed by atoms with Crippen molar-refractivity contribution in [3.63, 3.8) is 0 Å². The normalized spacial score (nSPS) is 12.1. The standard InChI is InChI=1S/C24H34O7S2/c1-2-3-4-5-6-7-8-9-10-11-14-20-17-18-24(33(28,29)30)22(19-20)31-21-15-12-13-16-23(21)32(25,26)27/h12-13,15-19H,2-11,14H2,1H3,(H,25,26,27)(H,28,29,30). The van der Waals surface area contributed by atoms with Gasteiger partial charge in [-0.25, -0.2) is 0 Å². The summed E-state index contributed by atoms with van der Waals surface area (Å²) in [6.07, 6.45) is 12.7. The van der Waals surface area contributed by atoms with Gasteiger partial charge in [0.1, 0.15) is 21.3 Å². The summed E-state index contributed by atoms with van der Waals surface area (Å²) in [6, 6.07) is 9.67. The topological polar surface area (TPSA) is 118 Å². The van der Waals surface area contributed by atoms with Crippen LogP contribution in [0.5, 0.6) is 11.5 Å². The first-order chi connectivity index (χ1) is 15.6. The second-order valence-electron chi connectivity index (χ2n) is 8.21. The van der Waals surface area contributed by atoms with E-state index in [1.165, 1.54) is 75.3 Å². The van der Waals surface area contributed by atoms with Gasteiger partial charge in [-0.1, -0.05) is 82.9 Å². The molecule has 0 saturated carbocycles. The quantitative estimate of drug-likeness (QED) is 0.214. The van der Waals surface area contributed by atoms with Crippen molar-refractivity contribution in [1.82, 2.24) is 0 Å². The van der Waals surface area contributed by atoms with Crippen molar-refractivity contribution >= 4 is 20.2 Å². The van der Waals surface area contributed by atoms with Crippen LogP contribution < -0.4 is 4.74 Å². The molecule has 0 saturated heterocycles. The zero-order valence-corrected chi connectivity index (χ0v) is 20.7. The molecule has 0 heterocycles. The number of hydrogen-bond acceptors (Lipinski definition) is 5. The highest BCUT2D eigenvalue weighted by Gasteiger charge is 2.21. The Balaban J connectivity index is 2.01. The number of ether oxygens (including phenoxy) is 1. The van der Waals surface area contributed by atoms with Crippen molar-refractivity contribution in [2.45, 2.75) is 87.3 Å². The highest BCUT2D eigenvalue weighted by molar-refractivity contribution is 7.86. The van der Waals surface area contributed by atoms with Crippen molar-refractivity contribution in [1.29, 1.82) is 0 Å². The molecule has 2 aromatic carbocycles. The van der Waals surface area contributed by atoms with Gasteiger partial charge in [0.2, 0.25) is 0 Å². The van der Waals surface area contributed by atoms with Crippen LogP contribution in [0.1, 0.15) is 76.7 Å². The van der Waals surface area contributed by atoms with Gasteiger partial charge in [0, 0.05) is 0 Å². The van der Waals surface area contributed by atoms with Crippen LogP contribution in [0.25, 0.3) is 0 Å². The molecule has 0 aromatic heterocycles. The van der Waals surface area contributed by atoms with Gasteiger partial charge in [0.25, 0.3) is 20.2 Å². The van der Waals surface area contributed by atoms with Crippen LogP contribution >= 0.6 is 0 Å². The zero-order valence-electron chi connectivity index (χ0n) is 19.1. The number of hydrogen-bond donors (Lipinski definition) is 2. The van der Waals surface area contributed by atoms with Crippen LogP contribution in [0, 0.1) is 0 Å². The third-order valence-corrected chi connectivity index (χ3v) is 7.24. The predicted molar refractivity (Wildman–Crippen MR) is 128 cm³/mol. The lowest BCUT2D eigenvalue weighted by Gasteiger charge is -2.13. The molecule has 0 spiro atoms. The Hall–Kier alpha value is -1.94. The van der Waals surface area contributed by atoms with Crippen molar-refractivity contribution in [3.8, 4) is 11.5 Å². The molecule has 2 N–H and O–H groups in total. The van der Waals surface area contributed by atoms with Crippen molar-refractivity contribution < 1.29 is 30.7 Å². The SMILES string of the molecule is CCCCCCCCCCCCc1ccc(S(=O)(=O)O)c(Oc2ccccc2S(=O)(=O)O)c1. The maximum Gasteiger partial charge on any atom is 0.298 e. The van der Waals surface area contributed by atoms with Crippen molar-refractivity contribution in [2.75, 3.05) is 0 Å². The van der Waals surface area contributed by atoms with Gasteiger partial charge < -0.3 is 4.74 Å². The first-order valence-electron chi connectivity index (χ1n) is 11.5. The van der Waals surface area contributed by atoms with Crippen LogP contribution in [-0.4, -0.2) is 25.9 Å². The Morgan fingerprint density at radius 1 is 0.667 bits per heavy atom. The summed E-state index contributed by atoms with van der Waals surface area (Å²) < 4.78 is 71.3. The number of rotatable bonds is 15. The van der Waals surface area contributed by atoms with Gasteiger partial charge in [0.05, 0.1) is 0 Å². The summed E-state index contributed by atoms with van der Waals surface area (Å²) >= 11 is 0. The molecule has 0 aliphatic carbocycles. The van der Waals surface area contributed by atoms with Crippen LogP contribution in [0.2, 0.25) is 0 Å². The third-order valence-electron chi connectivity index (χ3n) is 5.45. The summed E-state index contributed by atoms with van der Waals surface area (Å²) in [5.41, 5.74) is 0.807. The lowest BCUT2D eigenvalue weighted by molar-refractivity contribution is 0.433. The van der Waals surface area contributed by atoms with E-state index in [2.05, 4.69) is 6.92 Å². The number of aryl methyl sites for hydroxylation is 1. The third kappa shape index (κ3) is 9.44. The molecule has 0 radical (unpaired) electrons. The van der Waals surface area contributed by atoms with E-state index in [0.29, 0.717) is 6.42 Å². The Morgan fingerprint density at radius 3 is 1.76 bits per heavy atom. The average Bonchev–Trinajstić information content (AvgIpc) is 2.74.